The predicted molar refractivity (Wildman–Crippen MR) is 58.6 cm³/mol. The Morgan fingerprint density at radius 1 is 1.53 bits per heavy atom. The molecule has 1 unspecified atom stereocenters. The van der Waals surface area contributed by atoms with Crippen LogP contribution in [0.15, 0.2) is 18.2 Å². The Hall–Kier alpha value is -1.13. The van der Waals surface area contributed by atoms with Gasteiger partial charge in [0.1, 0.15) is 5.82 Å². The lowest BCUT2D eigenvalue weighted by atomic mass is 10.2. The fourth-order valence-electron chi connectivity index (χ4n) is 0.965. The minimum atomic E-state index is -0.504. The van der Waals surface area contributed by atoms with Crippen LogP contribution in [-0.2, 0) is 4.79 Å². The molecule has 0 bridgehead atoms. The van der Waals surface area contributed by atoms with E-state index in [1.54, 1.807) is 14.0 Å². The minimum absolute atomic E-state index is 0.0922. The number of carbonyl (C=O) groups excluding carboxylic acids is 1. The molecule has 1 rings (SSSR count). The molecule has 0 heterocycles. The van der Waals surface area contributed by atoms with E-state index in [0.29, 0.717) is 5.02 Å². The number of anilines is 1. The van der Waals surface area contributed by atoms with E-state index in [-0.39, 0.29) is 17.6 Å². The number of hydrogen-bond donors (Lipinski definition) is 2. The van der Waals surface area contributed by atoms with Crippen molar-refractivity contribution in [1.82, 2.24) is 5.32 Å². The number of amides is 1. The third-order valence-corrected chi connectivity index (χ3v) is 2.25. The zero-order chi connectivity index (χ0) is 11.4. The molecule has 1 aromatic carbocycles. The van der Waals surface area contributed by atoms with E-state index in [1.165, 1.54) is 18.2 Å². The average Bonchev–Trinajstić information content (AvgIpc) is 2.22. The molecule has 82 valence electrons. The molecule has 0 saturated carbocycles. The SMILES string of the molecule is CNC(C)C(=O)Nc1cc(Cl)ccc1F. The Kier molecular flexibility index (Phi) is 4.05. The monoisotopic (exact) mass is 230 g/mol. The van der Waals surface area contributed by atoms with Crippen molar-refractivity contribution in [2.45, 2.75) is 13.0 Å². The molecule has 1 aromatic rings. The molecule has 2 N–H and O–H groups in total. The molecule has 0 aromatic heterocycles. The minimum Gasteiger partial charge on any atom is -0.322 e. The highest BCUT2D eigenvalue weighted by Crippen LogP contribution is 2.19. The fraction of sp³-hybridized carbons (Fsp3) is 0.300. The van der Waals surface area contributed by atoms with Crippen molar-refractivity contribution in [2.24, 2.45) is 0 Å². The van der Waals surface area contributed by atoms with E-state index in [9.17, 15) is 9.18 Å². The molecule has 0 aliphatic heterocycles. The van der Waals surface area contributed by atoms with Gasteiger partial charge in [0.15, 0.2) is 0 Å². The molecule has 3 nitrogen and oxygen atoms in total. The maximum Gasteiger partial charge on any atom is 0.241 e. The Bertz CT molecular complexity index is 370. The molecule has 1 amide bonds. The summed E-state index contributed by atoms with van der Waals surface area (Å²) in [6.45, 7) is 1.68. The van der Waals surface area contributed by atoms with E-state index in [0.717, 1.165) is 0 Å². The van der Waals surface area contributed by atoms with Crippen LogP contribution in [0, 0.1) is 5.82 Å². The number of nitrogens with one attached hydrogen (secondary N) is 2. The third-order valence-electron chi connectivity index (χ3n) is 2.01. The second-order valence-electron chi connectivity index (χ2n) is 3.12. The van der Waals surface area contributed by atoms with Crippen LogP contribution in [0.4, 0.5) is 10.1 Å². The van der Waals surface area contributed by atoms with Crippen LogP contribution >= 0.6 is 11.6 Å². The number of rotatable bonds is 3. The van der Waals surface area contributed by atoms with E-state index in [2.05, 4.69) is 10.6 Å². The van der Waals surface area contributed by atoms with Gasteiger partial charge in [-0.15, -0.1) is 0 Å². The summed E-state index contributed by atoms with van der Waals surface area (Å²) in [7, 11) is 1.65. The highest BCUT2D eigenvalue weighted by molar-refractivity contribution is 6.30. The van der Waals surface area contributed by atoms with Gasteiger partial charge in [-0.05, 0) is 32.2 Å². The first-order valence-corrected chi connectivity index (χ1v) is 4.85. The second-order valence-corrected chi connectivity index (χ2v) is 3.56. The quantitative estimate of drug-likeness (QED) is 0.834. The maximum absolute atomic E-state index is 13.2. The second kappa shape index (κ2) is 5.09. The molecular weight excluding hydrogens is 219 g/mol. The van der Waals surface area contributed by atoms with Gasteiger partial charge < -0.3 is 10.6 Å². The van der Waals surface area contributed by atoms with Gasteiger partial charge in [-0.2, -0.15) is 0 Å². The summed E-state index contributed by atoms with van der Waals surface area (Å²) in [6.07, 6.45) is 0. The van der Waals surface area contributed by atoms with Crippen LogP contribution in [0.1, 0.15) is 6.92 Å². The van der Waals surface area contributed by atoms with Crippen molar-refractivity contribution in [3.05, 3.63) is 29.0 Å². The van der Waals surface area contributed by atoms with Crippen molar-refractivity contribution in [3.8, 4) is 0 Å². The number of likely N-dealkylation sites (N-methyl/N-ethyl adjacent to an activating group) is 1. The molecule has 5 heteroatoms. The van der Waals surface area contributed by atoms with Gasteiger partial charge >= 0.3 is 0 Å². The largest absolute Gasteiger partial charge is 0.322 e. The molecule has 0 saturated heterocycles. The van der Waals surface area contributed by atoms with Gasteiger partial charge in [-0.1, -0.05) is 11.6 Å². The van der Waals surface area contributed by atoms with Crippen LogP contribution < -0.4 is 10.6 Å². The first kappa shape index (κ1) is 11.9. The first-order valence-electron chi connectivity index (χ1n) is 4.47. The Morgan fingerprint density at radius 3 is 2.80 bits per heavy atom. The van der Waals surface area contributed by atoms with Crippen molar-refractivity contribution < 1.29 is 9.18 Å². The van der Waals surface area contributed by atoms with Gasteiger partial charge in [0.25, 0.3) is 0 Å². The summed E-state index contributed by atoms with van der Waals surface area (Å²) in [5.74, 6) is -0.810. The summed E-state index contributed by atoms with van der Waals surface area (Å²) < 4.78 is 13.2. The summed E-state index contributed by atoms with van der Waals surface area (Å²) in [5.41, 5.74) is 0.0922. The Balaban J connectivity index is 2.80. The number of benzene rings is 1. The van der Waals surface area contributed by atoms with Crippen molar-refractivity contribution in [3.63, 3.8) is 0 Å². The van der Waals surface area contributed by atoms with Crippen LogP contribution in [0.25, 0.3) is 0 Å². The molecule has 0 aliphatic carbocycles. The number of hydrogen-bond acceptors (Lipinski definition) is 2. The van der Waals surface area contributed by atoms with Crippen molar-refractivity contribution in [2.75, 3.05) is 12.4 Å². The van der Waals surface area contributed by atoms with E-state index >= 15 is 0 Å². The highest BCUT2D eigenvalue weighted by atomic mass is 35.5. The van der Waals surface area contributed by atoms with E-state index in [4.69, 9.17) is 11.6 Å². The van der Waals surface area contributed by atoms with Gasteiger partial charge in [0.2, 0.25) is 5.91 Å². The van der Waals surface area contributed by atoms with Crippen LogP contribution in [0.2, 0.25) is 5.02 Å². The molecule has 0 fully saturated rings. The molecule has 0 spiro atoms. The smallest absolute Gasteiger partial charge is 0.241 e. The zero-order valence-corrected chi connectivity index (χ0v) is 9.23. The number of halogens is 2. The molecule has 15 heavy (non-hydrogen) atoms. The zero-order valence-electron chi connectivity index (χ0n) is 8.47. The van der Waals surface area contributed by atoms with Crippen molar-refractivity contribution >= 4 is 23.2 Å². The van der Waals surface area contributed by atoms with Crippen LogP contribution in [-0.4, -0.2) is 19.0 Å². The summed E-state index contributed by atoms with van der Waals surface area (Å²) in [5, 5.41) is 5.57. The van der Waals surface area contributed by atoms with Gasteiger partial charge in [-0.3, -0.25) is 4.79 Å². The summed E-state index contributed by atoms with van der Waals surface area (Å²) >= 11 is 5.68. The van der Waals surface area contributed by atoms with E-state index in [1.807, 2.05) is 0 Å². The highest BCUT2D eigenvalue weighted by Gasteiger charge is 2.12. The lowest BCUT2D eigenvalue weighted by Crippen LogP contribution is -2.35. The summed E-state index contributed by atoms with van der Waals surface area (Å²) in [4.78, 5) is 11.4. The number of carbonyl (C=O) groups is 1. The fourth-order valence-corrected chi connectivity index (χ4v) is 1.14. The lowest BCUT2D eigenvalue weighted by molar-refractivity contribution is -0.117. The van der Waals surface area contributed by atoms with Gasteiger partial charge in [0.05, 0.1) is 11.7 Å². The van der Waals surface area contributed by atoms with Crippen molar-refractivity contribution in [1.29, 1.82) is 0 Å². The average molecular weight is 231 g/mol. The van der Waals surface area contributed by atoms with Gasteiger partial charge in [0, 0.05) is 5.02 Å². The molecule has 0 aliphatic rings. The molecule has 1 atom stereocenters. The third kappa shape index (κ3) is 3.18. The normalized spacial score (nSPS) is 12.3. The first-order chi connectivity index (χ1) is 7.04. The topological polar surface area (TPSA) is 41.1 Å². The van der Waals surface area contributed by atoms with Crippen LogP contribution in [0.3, 0.4) is 0 Å². The predicted octanol–water partition coefficient (Wildman–Crippen LogP) is 2.03. The van der Waals surface area contributed by atoms with Gasteiger partial charge in [-0.25, -0.2) is 4.39 Å². The summed E-state index contributed by atoms with van der Waals surface area (Å²) in [6, 6.07) is 3.62. The Morgan fingerprint density at radius 2 is 2.20 bits per heavy atom. The molecule has 0 radical (unpaired) electrons. The lowest BCUT2D eigenvalue weighted by Gasteiger charge is -2.11. The van der Waals surface area contributed by atoms with E-state index < -0.39 is 5.82 Å². The maximum atomic E-state index is 13.2. The van der Waals surface area contributed by atoms with Crippen LogP contribution in [0.5, 0.6) is 0 Å². The standard InChI is InChI=1S/C10H12ClFN2O/c1-6(13-2)10(15)14-9-5-7(11)3-4-8(9)12/h3-6,13H,1-2H3,(H,14,15). The molecular formula is C10H12ClFN2O. The Labute approximate surface area is 92.6 Å².